The highest BCUT2D eigenvalue weighted by Gasteiger charge is 2.52. The molecule has 0 aromatic heterocycles. The maximum absolute atomic E-state index is 13.6. The van der Waals surface area contributed by atoms with Crippen molar-refractivity contribution in [2.24, 2.45) is 10.7 Å². The Morgan fingerprint density at radius 3 is 2.53 bits per heavy atom. The number of hydrogen-bond donors (Lipinski definition) is 1. The molecule has 0 spiro atoms. The summed E-state index contributed by atoms with van der Waals surface area (Å²) in [6.45, 7) is 2.08. The van der Waals surface area contributed by atoms with Crippen LogP contribution in [0.25, 0.3) is 10.8 Å². The number of nitriles is 1. The lowest BCUT2D eigenvalue weighted by atomic mass is 9.75. The summed E-state index contributed by atoms with van der Waals surface area (Å²) in [5.74, 6) is 0.519. The molecule has 3 aromatic rings. The molecule has 3 atom stereocenters. The van der Waals surface area contributed by atoms with Gasteiger partial charge < -0.3 is 5.73 Å². The van der Waals surface area contributed by atoms with Crippen molar-refractivity contribution in [2.45, 2.75) is 53.7 Å². The Morgan fingerprint density at radius 1 is 1.12 bits per heavy atom. The standard InChI is InChI=1S/C28H26N4OS/c1-28(24-14-22-21-13-16(15-29)3-4-19(21)11-12-23(22)34-24)25(26(33)32(2)27(30)31-28)20-9-7-18(8-10-20)17-5-6-17/h3-4,7-13,17,24-25H,5-6,14H2,1-2H3,(H2,30,31)/t24?,25-,28+/m0/s1. The summed E-state index contributed by atoms with van der Waals surface area (Å²) in [5, 5.41) is 11.7. The van der Waals surface area contributed by atoms with E-state index < -0.39 is 11.5 Å². The molecule has 1 fully saturated rings. The summed E-state index contributed by atoms with van der Waals surface area (Å²) < 4.78 is 0. The van der Waals surface area contributed by atoms with E-state index in [1.54, 1.807) is 18.8 Å². The number of rotatable bonds is 3. The topological polar surface area (TPSA) is 82.5 Å². The summed E-state index contributed by atoms with van der Waals surface area (Å²) >= 11 is 1.78. The molecule has 0 saturated heterocycles. The fourth-order valence-electron chi connectivity index (χ4n) is 5.52. The third-order valence-electron chi connectivity index (χ3n) is 7.71. The molecule has 2 heterocycles. The second-order valence-electron chi connectivity index (χ2n) is 9.87. The molecule has 5 nitrogen and oxygen atoms in total. The largest absolute Gasteiger partial charge is 0.369 e. The van der Waals surface area contributed by atoms with Gasteiger partial charge in [0, 0.05) is 17.2 Å². The quantitative estimate of drug-likeness (QED) is 0.593. The molecule has 1 aliphatic carbocycles. The summed E-state index contributed by atoms with van der Waals surface area (Å²) in [6.07, 6.45) is 3.27. The van der Waals surface area contributed by atoms with Gasteiger partial charge in [-0.05, 0) is 77.8 Å². The molecule has 1 saturated carbocycles. The van der Waals surface area contributed by atoms with Gasteiger partial charge in [0.1, 0.15) is 0 Å². The molecular formula is C28H26N4OS. The van der Waals surface area contributed by atoms with Gasteiger partial charge >= 0.3 is 0 Å². The van der Waals surface area contributed by atoms with E-state index in [9.17, 15) is 10.1 Å². The first kappa shape index (κ1) is 21.2. The zero-order chi connectivity index (χ0) is 23.6. The number of benzene rings is 3. The van der Waals surface area contributed by atoms with Crippen molar-refractivity contribution in [1.29, 1.82) is 5.26 Å². The van der Waals surface area contributed by atoms with Crippen molar-refractivity contribution in [3.63, 3.8) is 0 Å². The number of nitrogens with zero attached hydrogens (tertiary/aromatic N) is 3. The summed E-state index contributed by atoms with van der Waals surface area (Å²) in [5.41, 5.74) is 9.81. The van der Waals surface area contributed by atoms with Gasteiger partial charge in [0.05, 0.1) is 23.1 Å². The highest BCUT2D eigenvalue weighted by atomic mass is 32.2. The minimum absolute atomic E-state index is 0.0117. The van der Waals surface area contributed by atoms with Crippen LogP contribution in [0.5, 0.6) is 0 Å². The predicted molar refractivity (Wildman–Crippen MR) is 136 cm³/mol. The Morgan fingerprint density at radius 2 is 1.82 bits per heavy atom. The van der Waals surface area contributed by atoms with Crippen LogP contribution < -0.4 is 5.73 Å². The lowest BCUT2D eigenvalue weighted by molar-refractivity contribution is -0.130. The van der Waals surface area contributed by atoms with Gasteiger partial charge in [0.2, 0.25) is 5.91 Å². The minimum atomic E-state index is -0.697. The lowest BCUT2D eigenvalue weighted by Crippen LogP contribution is -2.57. The summed E-state index contributed by atoms with van der Waals surface area (Å²) in [4.78, 5) is 21.3. The molecule has 0 radical (unpaired) electrons. The van der Waals surface area contributed by atoms with E-state index in [1.807, 2.05) is 18.2 Å². The second-order valence-corrected chi connectivity index (χ2v) is 11.1. The number of guanidine groups is 1. The molecular weight excluding hydrogens is 440 g/mol. The fourth-order valence-corrected chi connectivity index (χ4v) is 6.98. The average molecular weight is 467 g/mol. The molecule has 6 rings (SSSR count). The number of thioether (sulfide) groups is 1. The van der Waals surface area contributed by atoms with Crippen LogP contribution in [0.15, 0.2) is 64.5 Å². The number of carbonyl (C=O) groups is 1. The number of nitrogens with two attached hydrogens (primary N) is 1. The number of amides is 1. The Bertz CT molecular complexity index is 1400. The minimum Gasteiger partial charge on any atom is -0.369 e. The molecule has 3 aliphatic rings. The zero-order valence-corrected chi connectivity index (χ0v) is 20.1. The monoisotopic (exact) mass is 466 g/mol. The highest BCUT2D eigenvalue weighted by molar-refractivity contribution is 8.00. The van der Waals surface area contributed by atoms with Crippen molar-refractivity contribution in [3.8, 4) is 6.07 Å². The van der Waals surface area contributed by atoms with Crippen molar-refractivity contribution >= 4 is 34.4 Å². The van der Waals surface area contributed by atoms with Crippen LogP contribution in [-0.4, -0.2) is 34.6 Å². The number of aliphatic imine (C=N–C) groups is 1. The third-order valence-corrected chi connectivity index (χ3v) is 9.27. The van der Waals surface area contributed by atoms with Gasteiger partial charge in [0.25, 0.3) is 0 Å². The van der Waals surface area contributed by atoms with E-state index in [1.165, 1.54) is 33.8 Å². The van der Waals surface area contributed by atoms with E-state index >= 15 is 0 Å². The zero-order valence-electron chi connectivity index (χ0n) is 19.3. The average Bonchev–Trinajstić information content (AvgIpc) is 3.60. The molecule has 170 valence electrons. The van der Waals surface area contributed by atoms with Gasteiger partial charge in [0.15, 0.2) is 5.96 Å². The van der Waals surface area contributed by atoms with Gasteiger partial charge in [-0.2, -0.15) is 5.26 Å². The van der Waals surface area contributed by atoms with Crippen LogP contribution in [0.4, 0.5) is 0 Å². The van der Waals surface area contributed by atoms with Crippen molar-refractivity contribution in [2.75, 3.05) is 7.05 Å². The van der Waals surface area contributed by atoms with Crippen LogP contribution in [0.1, 0.15) is 53.9 Å². The van der Waals surface area contributed by atoms with Crippen LogP contribution in [0.2, 0.25) is 0 Å². The van der Waals surface area contributed by atoms with Crippen LogP contribution in [0.3, 0.4) is 0 Å². The van der Waals surface area contributed by atoms with Crippen molar-refractivity contribution in [1.82, 2.24) is 4.90 Å². The van der Waals surface area contributed by atoms with Crippen molar-refractivity contribution in [3.05, 3.63) is 76.9 Å². The Labute approximate surface area is 203 Å². The SMILES string of the molecule is CN1C(=O)[C@H](c2ccc(C3CC3)cc2)[C@@](C)(C2Cc3c(ccc4ccc(C#N)cc34)S2)N=C1N. The maximum Gasteiger partial charge on any atom is 0.239 e. The van der Waals surface area contributed by atoms with Crippen molar-refractivity contribution < 1.29 is 4.79 Å². The van der Waals surface area contributed by atoms with Gasteiger partial charge in [-0.15, -0.1) is 11.8 Å². The number of hydrogen-bond acceptors (Lipinski definition) is 5. The number of fused-ring (bicyclic) bond motifs is 3. The molecule has 34 heavy (non-hydrogen) atoms. The molecule has 2 N–H and O–H groups in total. The Balaban J connectivity index is 1.43. The smallest absolute Gasteiger partial charge is 0.239 e. The van der Waals surface area contributed by atoms with Gasteiger partial charge in [-0.3, -0.25) is 9.69 Å². The third kappa shape index (κ3) is 3.22. The van der Waals surface area contributed by atoms with Crippen LogP contribution in [-0.2, 0) is 11.2 Å². The van der Waals surface area contributed by atoms with E-state index in [2.05, 4.69) is 49.4 Å². The summed E-state index contributed by atoms with van der Waals surface area (Å²) in [7, 11) is 1.71. The summed E-state index contributed by atoms with van der Waals surface area (Å²) in [6, 6.07) is 20.9. The van der Waals surface area contributed by atoms with E-state index in [-0.39, 0.29) is 17.1 Å². The van der Waals surface area contributed by atoms with Gasteiger partial charge in [-0.1, -0.05) is 36.4 Å². The molecule has 1 amide bonds. The maximum atomic E-state index is 13.6. The predicted octanol–water partition coefficient (Wildman–Crippen LogP) is 4.93. The first-order valence-corrected chi connectivity index (χ1v) is 12.6. The number of likely N-dealkylation sites (N-methyl/N-ethyl adjacent to an activating group) is 1. The normalized spacial score (nSPS) is 26.3. The molecule has 6 heteroatoms. The Hall–Kier alpha value is -3.30. The first-order valence-electron chi connectivity index (χ1n) is 11.7. The van der Waals surface area contributed by atoms with E-state index in [0.717, 1.165) is 22.8 Å². The van der Waals surface area contributed by atoms with E-state index in [0.29, 0.717) is 11.5 Å². The first-order chi connectivity index (χ1) is 16.4. The highest BCUT2D eigenvalue weighted by Crippen LogP contribution is 2.51. The van der Waals surface area contributed by atoms with Gasteiger partial charge in [-0.25, -0.2) is 4.99 Å². The Kier molecular flexibility index (Phi) is 4.76. The lowest BCUT2D eigenvalue weighted by Gasteiger charge is -2.43. The van der Waals surface area contributed by atoms with E-state index in [4.69, 9.17) is 10.7 Å². The molecule has 0 bridgehead atoms. The fraction of sp³-hybridized carbons (Fsp3) is 0.321. The van der Waals surface area contributed by atoms with Crippen LogP contribution in [0, 0.1) is 11.3 Å². The molecule has 2 aliphatic heterocycles. The second kappa shape index (κ2) is 7.61. The number of carbonyl (C=O) groups excluding carboxylic acids is 1. The molecule has 1 unspecified atom stereocenters. The molecule has 3 aromatic carbocycles. The van der Waals surface area contributed by atoms with Crippen LogP contribution >= 0.6 is 11.8 Å².